The molecule has 0 fully saturated rings. The maximum absolute atomic E-state index is 12.9. The monoisotopic (exact) mass is 1180 g/mol. The van der Waals surface area contributed by atoms with E-state index in [1.807, 2.05) is 21.1 Å². The standard InChI is InChI=1S/C76H127NO8/c1-6-8-10-12-14-16-18-20-22-24-26-28-30-32-34-35-36-37-38-39-41-43-45-47-49-51-53-55-57-59-61-63-65-67-74(79)85-72(71-84-76(75(80)81)82-69-68-77(3,4)5)70-83-73(78)66-64-62-60-58-56-54-52-50-48-46-44-42-40-33-31-29-27-25-23-21-19-17-15-13-11-9-7-2/h8-11,14-17,20-23,26-29,32,34,36-37,39,41,72,76H,6-7,12-13,18-19,24-25,30-31,33,35,38,40,42-71H2,1-5H3/p+1/b10-8-,11-9-,16-14-,17-15-,22-20-,23-21-,28-26-,29-27-,34-32-,37-36-,41-39-. The first kappa shape index (κ1) is 80.4. The Morgan fingerprint density at radius 2 is 0.635 bits per heavy atom. The van der Waals surface area contributed by atoms with Crippen molar-refractivity contribution in [3.63, 3.8) is 0 Å². The highest BCUT2D eigenvalue weighted by Gasteiger charge is 2.25. The second-order valence-corrected chi connectivity index (χ2v) is 23.7. The van der Waals surface area contributed by atoms with E-state index in [1.165, 1.54) is 122 Å². The molecule has 9 heteroatoms. The molecule has 0 spiro atoms. The van der Waals surface area contributed by atoms with Crippen molar-refractivity contribution in [1.82, 2.24) is 0 Å². The van der Waals surface area contributed by atoms with E-state index in [9.17, 15) is 19.5 Å². The van der Waals surface area contributed by atoms with Gasteiger partial charge in [-0.3, -0.25) is 9.59 Å². The summed E-state index contributed by atoms with van der Waals surface area (Å²) in [6.45, 7) is 4.65. The molecule has 0 rings (SSSR count). The Kier molecular flexibility index (Phi) is 61.9. The summed E-state index contributed by atoms with van der Waals surface area (Å²) in [4.78, 5) is 37.6. The molecule has 2 unspecified atom stereocenters. The lowest BCUT2D eigenvalue weighted by molar-refractivity contribution is -0.870. The van der Waals surface area contributed by atoms with Crippen LogP contribution in [0.1, 0.15) is 271 Å². The molecule has 0 heterocycles. The number of hydrogen-bond donors (Lipinski definition) is 1. The number of likely N-dealkylation sites (N-methyl/N-ethyl adjacent to an activating group) is 1. The second-order valence-electron chi connectivity index (χ2n) is 23.7. The van der Waals surface area contributed by atoms with E-state index < -0.39 is 24.3 Å². The Morgan fingerprint density at radius 3 is 0.941 bits per heavy atom. The highest BCUT2D eigenvalue weighted by molar-refractivity contribution is 5.71. The van der Waals surface area contributed by atoms with E-state index in [1.54, 1.807) is 0 Å². The Hall–Kier alpha value is -4.57. The molecule has 484 valence electrons. The van der Waals surface area contributed by atoms with Gasteiger partial charge in [-0.2, -0.15) is 0 Å². The number of carboxylic acids is 1. The Balaban J connectivity index is 4.16. The second kappa shape index (κ2) is 65.4. The highest BCUT2D eigenvalue weighted by Crippen LogP contribution is 2.17. The number of esters is 2. The van der Waals surface area contributed by atoms with Gasteiger partial charge in [0, 0.05) is 12.8 Å². The Morgan fingerprint density at radius 1 is 0.353 bits per heavy atom. The highest BCUT2D eigenvalue weighted by atomic mass is 16.7. The number of carbonyl (C=O) groups excluding carboxylic acids is 2. The van der Waals surface area contributed by atoms with Crippen LogP contribution in [0.5, 0.6) is 0 Å². The lowest BCUT2D eigenvalue weighted by atomic mass is 10.0. The molecule has 0 aliphatic carbocycles. The third-order valence-electron chi connectivity index (χ3n) is 14.4. The molecule has 0 radical (unpaired) electrons. The van der Waals surface area contributed by atoms with Gasteiger partial charge >= 0.3 is 17.9 Å². The number of ether oxygens (including phenoxy) is 4. The van der Waals surface area contributed by atoms with Crippen LogP contribution in [0.25, 0.3) is 0 Å². The summed E-state index contributed by atoms with van der Waals surface area (Å²) >= 11 is 0. The van der Waals surface area contributed by atoms with Crippen LogP contribution >= 0.6 is 0 Å². The van der Waals surface area contributed by atoms with Gasteiger partial charge in [0.1, 0.15) is 13.2 Å². The lowest BCUT2D eigenvalue weighted by Crippen LogP contribution is -2.40. The first-order valence-corrected chi connectivity index (χ1v) is 34.3. The van der Waals surface area contributed by atoms with Crippen LogP contribution in [-0.4, -0.2) is 87.4 Å². The van der Waals surface area contributed by atoms with Crippen LogP contribution in [0.15, 0.2) is 134 Å². The summed E-state index contributed by atoms with van der Waals surface area (Å²) < 4.78 is 23.0. The fourth-order valence-electron chi connectivity index (χ4n) is 9.22. The van der Waals surface area contributed by atoms with Gasteiger partial charge in [0.2, 0.25) is 0 Å². The summed E-state index contributed by atoms with van der Waals surface area (Å²) in [5.41, 5.74) is 0. The first-order valence-electron chi connectivity index (χ1n) is 34.3. The minimum Gasteiger partial charge on any atom is -0.477 e. The van der Waals surface area contributed by atoms with Crippen molar-refractivity contribution in [1.29, 1.82) is 0 Å². The molecule has 0 amide bonds. The SMILES string of the molecule is CC/C=C\C/C=C\C/C=C\C/C=C\C/C=C\C/C=C\C/C=C\CCCCCCCCCCCCCC(=O)OC(COC(=O)CCCCCCCCCCCCCCCC/C=C\C/C=C\C/C=C\C/C=C\CC)COC(OCC[N+](C)(C)C)C(=O)O. The summed E-state index contributed by atoms with van der Waals surface area (Å²) in [6, 6.07) is 0. The fraction of sp³-hybridized carbons (Fsp3) is 0.671. The van der Waals surface area contributed by atoms with Crippen LogP contribution in [0.2, 0.25) is 0 Å². The average molecular weight is 1180 g/mol. The molecular weight excluding hydrogens is 1050 g/mol. The molecule has 0 saturated heterocycles. The number of aliphatic carboxylic acids is 1. The predicted molar refractivity (Wildman–Crippen MR) is 364 cm³/mol. The summed E-state index contributed by atoms with van der Waals surface area (Å²) in [6.07, 6.45) is 91.2. The quantitative estimate of drug-likeness (QED) is 0.0211. The zero-order chi connectivity index (χ0) is 61.9. The van der Waals surface area contributed by atoms with Crippen molar-refractivity contribution in [2.24, 2.45) is 0 Å². The molecule has 0 aromatic carbocycles. The van der Waals surface area contributed by atoms with E-state index in [-0.39, 0.29) is 32.2 Å². The summed E-state index contributed by atoms with van der Waals surface area (Å²) in [5.74, 6) is -2.01. The van der Waals surface area contributed by atoms with Crippen LogP contribution in [0, 0.1) is 0 Å². The molecule has 0 saturated carbocycles. The number of quaternary nitrogens is 1. The number of nitrogens with zero attached hydrogens (tertiary/aromatic N) is 1. The number of carboxylic acid groups (broad SMARTS) is 1. The molecule has 0 aliphatic heterocycles. The van der Waals surface area contributed by atoms with Gasteiger partial charge in [-0.05, 0) is 109 Å². The van der Waals surface area contributed by atoms with Crippen molar-refractivity contribution in [3.8, 4) is 0 Å². The zero-order valence-electron chi connectivity index (χ0n) is 55.2. The maximum Gasteiger partial charge on any atom is 0.361 e. The van der Waals surface area contributed by atoms with Crippen molar-refractivity contribution in [2.75, 3.05) is 47.5 Å². The van der Waals surface area contributed by atoms with Gasteiger partial charge in [0.05, 0.1) is 34.4 Å². The average Bonchev–Trinajstić information content (AvgIpc) is 3.49. The predicted octanol–water partition coefficient (Wildman–Crippen LogP) is 21.4. The molecule has 9 nitrogen and oxygen atoms in total. The van der Waals surface area contributed by atoms with Crippen molar-refractivity contribution < 1.29 is 42.9 Å². The first-order chi connectivity index (χ1) is 41.6. The largest absolute Gasteiger partial charge is 0.477 e. The molecule has 0 aromatic rings. The number of hydrogen-bond acceptors (Lipinski definition) is 7. The Labute approximate surface area is 522 Å². The zero-order valence-corrected chi connectivity index (χ0v) is 55.2. The van der Waals surface area contributed by atoms with E-state index in [0.717, 1.165) is 116 Å². The van der Waals surface area contributed by atoms with Gasteiger partial charge in [-0.15, -0.1) is 0 Å². The molecular formula is C76H128NO8+. The van der Waals surface area contributed by atoms with E-state index >= 15 is 0 Å². The number of allylic oxidation sites excluding steroid dienone is 22. The molecule has 0 aliphatic rings. The third-order valence-corrected chi connectivity index (χ3v) is 14.4. The molecule has 0 bridgehead atoms. The van der Waals surface area contributed by atoms with E-state index in [0.29, 0.717) is 23.9 Å². The third kappa shape index (κ3) is 66.8. The minimum atomic E-state index is -1.52. The summed E-state index contributed by atoms with van der Waals surface area (Å²) in [7, 11) is 5.97. The van der Waals surface area contributed by atoms with Crippen molar-refractivity contribution in [2.45, 2.75) is 283 Å². The van der Waals surface area contributed by atoms with Crippen molar-refractivity contribution >= 4 is 17.9 Å². The summed E-state index contributed by atoms with van der Waals surface area (Å²) in [5, 5.41) is 9.75. The van der Waals surface area contributed by atoms with E-state index in [2.05, 4.69) is 148 Å². The van der Waals surface area contributed by atoms with Gasteiger partial charge in [-0.25, -0.2) is 4.79 Å². The van der Waals surface area contributed by atoms with Crippen LogP contribution < -0.4 is 0 Å². The lowest BCUT2D eigenvalue weighted by Gasteiger charge is -2.25. The van der Waals surface area contributed by atoms with Gasteiger partial charge in [0.25, 0.3) is 6.29 Å². The number of carbonyl (C=O) groups is 3. The van der Waals surface area contributed by atoms with Crippen molar-refractivity contribution in [3.05, 3.63) is 134 Å². The van der Waals surface area contributed by atoms with Crippen LogP contribution in [0.4, 0.5) is 0 Å². The van der Waals surface area contributed by atoms with Gasteiger partial charge in [0.15, 0.2) is 6.10 Å². The Bertz CT molecular complexity index is 1860. The minimum absolute atomic E-state index is 0.181. The molecule has 2 atom stereocenters. The smallest absolute Gasteiger partial charge is 0.361 e. The molecule has 85 heavy (non-hydrogen) atoms. The normalized spacial score (nSPS) is 13.6. The van der Waals surface area contributed by atoms with Gasteiger partial charge < -0.3 is 28.5 Å². The molecule has 0 aromatic heterocycles. The van der Waals surface area contributed by atoms with E-state index in [4.69, 9.17) is 18.9 Å². The topological polar surface area (TPSA) is 108 Å². The number of rotatable bonds is 62. The number of unbranched alkanes of at least 4 members (excludes halogenated alkanes) is 25. The van der Waals surface area contributed by atoms with Gasteiger partial charge in [-0.1, -0.05) is 282 Å². The fourth-order valence-corrected chi connectivity index (χ4v) is 9.22. The van der Waals surface area contributed by atoms with Crippen LogP contribution in [0.3, 0.4) is 0 Å². The van der Waals surface area contributed by atoms with Crippen LogP contribution in [-0.2, 0) is 33.3 Å². The maximum atomic E-state index is 12.9. The molecule has 1 N–H and O–H groups in total.